The van der Waals surface area contributed by atoms with Gasteiger partial charge < -0.3 is 4.57 Å². The van der Waals surface area contributed by atoms with Crippen LogP contribution in [0, 0.1) is 0 Å². The topological polar surface area (TPSA) is 60.7 Å². The first-order chi connectivity index (χ1) is 13.1. The number of hydrogen-bond donors (Lipinski definition) is 0. The van der Waals surface area contributed by atoms with E-state index < -0.39 is 0 Å². The molecule has 3 aromatic rings. The Morgan fingerprint density at radius 2 is 2.07 bits per heavy atom. The molecule has 0 fully saturated rings. The molecule has 0 unspecified atom stereocenters. The molecule has 0 saturated carbocycles. The molecular weight excluding hydrogens is 424 g/mol. The van der Waals surface area contributed by atoms with Crippen LogP contribution in [0.1, 0.15) is 25.0 Å². The quantitative estimate of drug-likeness (QED) is 0.475. The maximum Gasteiger partial charge on any atom is 0.191 e. The highest BCUT2D eigenvalue weighted by atomic mass is 79.9. The zero-order valence-electron chi connectivity index (χ0n) is 15.4. The molecule has 1 aromatic carbocycles. The van der Waals surface area contributed by atoms with Gasteiger partial charge in [-0.2, -0.15) is 0 Å². The summed E-state index contributed by atoms with van der Waals surface area (Å²) in [7, 11) is 0. The predicted octanol–water partition coefficient (Wildman–Crippen LogP) is 4.59. The summed E-state index contributed by atoms with van der Waals surface area (Å²) in [6.07, 6.45) is 4.89. The van der Waals surface area contributed by atoms with Gasteiger partial charge in [0, 0.05) is 35.4 Å². The van der Waals surface area contributed by atoms with Crippen molar-refractivity contribution in [3.05, 3.63) is 58.3 Å². The second-order valence-electron chi connectivity index (χ2n) is 6.08. The molecule has 3 rings (SSSR count). The molecule has 0 saturated heterocycles. The Hall–Kier alpha value is -1.99. The summed E-state index contributed by atoms with van der Waals surface area (Å²) >= 11 is 5.01. The Morgan fingerprint density at radius 1 is 1.22 bits per heavy atom. The first kappa shape index (κ1) is 19.8. The third-order valence-electron chi connectivity index (χ3n) is 4.23. The Kier molecular flexibility index (Phi) is 6.79. The fourth-order valence-corrected chi connectivity index (χ4v) is 4.18. The highest BCUT2D eigenvalue weighted by Crippen LogP contribution is 2.25. The van der Waals surface area contributed by atoms with Crippen LogP contribution in [-0.4, -0.2) is 31.3 Å². The molecule has 0 bridgehead atoms. The van der Waals surface area contributed by atoms with E-state index in [0.29, 0.717) is 12.2 Å². The minimum absolute atomic E-state index is 0.165. The molecule has 0 amide bonds. The standard InChI is InChI=1S/C20H21BrN4OS/c1-3-14-7-8-15(18(21)10-14)11-17(26)13-27-20-24-23-19(25(20)4-2)16-6-5-9-22-12-16/h5-10,12H,3-4,11,13H2,1-2H3. The van der Waals surface area contributed by atoms with Crippen molar-refractivity contribution in [1.29, 1.82) is 0 Å². The molecule has 0 N–H and O–H groups in total. The average Bonchev–Trinajstić information content (AvgIpc) is 3.11. The van der Waals surface area contributed by atoms with Crippen LogP contribution in [0.15, 0.2) is 52.4 Å². The van der Waals surface area contributed by atoms with Crippen LogP contribution in [0.25, 0.3) is 11.4 Å². The van der Waals surface area contributed by atoms with Crippen molar-refractivity contribution >= 4 is 33.5 Å². The van der Waals surface area contributed by atoms with Gasteiger partial charge in [0.15, 0.2) is 11.0 Å². The first-order valence-corrected chi connectivity index (χ1v) is 10.7. The lowest BCUT2D eigenvalue weighted by atomic mass is 10.1. The molecule has 2 heterocycles. The van der Waals surface area contributed by atoms with E-state index in [2.05, 4.69) is 50.2 Å². The number of ketones is 1. The highest BCUT2D eigenvalue weighted by Gasteiger charge is 2.15. The van der Waals surface area contributed by atoms with Gasteiger partial charge in [-0.05, 0) is 42.7 Å². The van der Waals surface area contributed by atoms with Crippen molar-refractivity contribution in [2.24, 2.45) is 0 Å². The molecule has 0 aliphatic carbocycles. The predicted molar refractivity (Wildman–Crippen MR) is 112 cm³/mol. The smallest absolute Gasteiger partial charge is 0.191 e. The van der Waals surface area contributed by atoms with Crippen LogP contribution in [0.4, 0.5) is 0 Å². The monoisotopic (exact) mass is 444 g/mol. The van der Waals surface area contributed by atoms with Crippen molar-refractivity contribution in [2.75, 3.05) is 5.75 Å². The number of carbonyl (C=O) groups is 1. The van der Waals surface area contributed by atoms with Gasteiger partial charge in [0.2, 0.25) is 0 Å². The lowest BCUT2D eigenvalue weighted by Crippen LogP contribution is -2.08. The lowest BCUT2D eigenvalue weighted by molar-refractivity contribution is -0.116. The van der Waals surface area contributed by atoms with Crippen molar-refractivity contribution in [3.8, 4) is 11.4 Å². The van der Waals surface area contributed by atoms with Crippen LogP contribution in [-0.2, 0) is 24.2 Å². The average molecular weight is 445 g/mol. The van der Waals surface area contributed by atoms with E-state index in [1.807, 2.05) is 29.7 Å². The van der Waals surface area contributed by atoms with E-state index >= 15 is 0 Å². The number of halogens is 1. The summed E-state index contributed by atoms with van der Waals surface area (Å²) in [5.41, 5.74) is 3.20. The van der Waals surface area contributed by atoms with Gasteiger partial charge >= 0.3 is 0 Å². The molecule has 0 aliphatic heterocycles. The van der Waals surface area contributed by atoms with E-state index in [4.69, 9.17) is 0 Å². The first-order valence-electron chi connectivity index (χ1n) is 8.87. The maximum atomic E-state index is 12.5. The van der Waals surface area contributed by atoms with Crippen molar-refractivity contribution in [3.63, 3.8) is 0 Å². The van der Waals surface area contributed by atoms with Gasteiger partial charge in [-0.25, -0.2) is 0 Å². The van der Waals surface area contributed by atoms with Gasteiger partial charge in [0.05, 0.1) is 5.75 Å². The van der Waals surface area contributed by atoms with E-state index in [0.717, 1.165) is 39.5 Å². The van der Waals surface area contributed by atoms with Gasteiger partial charge in [-0.1, -0.05) is 46.7 Å². The summed E-state index contributed by atoms with van der Waals surface area (Å²) in [6.45, 7) is 4.90. The van der Waals surface area contributed by atoms with E-state index in [-0.39, 0.29) is 5.78 Å². The molecule has 0 radical (unpaired) electrons. The SMILES string of the molecule is CCc1ccc(CC(=O)CSc2nnc(-c3cccnc3)n2CC)c(Br)c1. The number of nitrogens with zero attached hydrogens (tertiary/aromatic N) is 4. The zero-order valence-corrected chi connectivity index (χ0v) is 17.8. The minimum Gasteiger partial charge on any atom is -0.302 e. The lowest BCUT2D eigenvalue weighted by Gasteiger charge is -2.08. The number of hydrogen-bond acceptors (Lipinski definition) is 5. The Balaban J connectivity index is 1.66. The number of rotatable bonds is 8. The van der Waals surface area contributed by atoms with Crippen LogP contribution in [0.5, 0.6) is 0 Å². The van der Waals surface area contributed by atoms with Gasteiger partial charge in [0.25, 0.3) is 0 Å². The third-order valence-corrected chi connectivity index (χ3v) is 5.99. The fraction of sp³-hybridized carbons (Fsp3) is 0.300. The number of thioether (sulfide) groups is 1. The van der Waals surface area contributed by atoms with Gasteiger partial charge in [0.1, 0.15) is 5.78 Å². The van der Waals surface area contributed by atoms with Crippen LogP contribution >= 0.6 is 27.7 Å². The molecular formula is C20H21BrN4OS. The summed E-state index contributed by atoms with van der Waals surface area (Å²) in [6, 6.07) is 10.0. The maximum absolute atomic E-state index is 12.5. The van der Waals surface area contributed by atoms with E-state index in [1.54, 1.807) is 12.4 Å². The number of aryl methyl sites for hydroxylation is 1. The van der Waals surface area contributed by atoms with Crippen LogP contribution in [0.3, 0.4) is 0 Å². The molecule has 2 aromatic heterocycles. The Bertz CT molecular complexity index is 927. The minimum atomic E-state index is 0.165. The highest BCUT2D eigenvalue weighted by molar-refractivity contribution is 9.10. The second-order valence-corrected chi connectivity index (χ2v) is 7.87. The van der Waals surface area contributed by atoms with E-state index in [1.165, 1.54) is 17.3 Å². The number of pyridine rings is 1. The Labute approximate surface area is 171 Å². The number of carbonyl (C=O) groups excluding carboxylic acids is 1. The van der Waals surface area contributed by atoms with E-state index in [9.17, 15) is 4.79 Å². The molecule has 140 valence electrons. The molecule has 0 spiro atoms. The molecule has 5 nitrogen and oxygen atoms in total. The number of aromatic nitrogens is 4. The van der Waals surface area contributed by atoms with Gasteiger partial charge in [-0.3, -0.25) is 9.78 Å². The number of benzene rings is 1. The Morgan fingerprint density at radius 3 is 2.74 bits per heavy atom. The number of Topliss-reactive ketones (excluding diaryl/α,β-unsaturated/α-hetero) is 1. The summed E-state index contributed by atoms with van der Waals surface area (Å²) < 4.78 is 3.01. The van der Waals surface area contributed by atoms with Crippen LogP contribution < -0.4 is 0 Å². The van der Waals surface area contributed by atoms with Crippen molar-refractivity contribution in [1.82, 2.24) is 19.7 Å². The van der Waals surface area contributed by atoms with Crippen molar-refractivity contribution < 1.29 is 4.79 Å². The largest absolute Gasteiger partial charge is 0.302 e. The second kappa shape index (κ2) is 9.28. The summed E-state index contributed by atoms with van der Waals surface area (Å²) in [5.74, 6) is 1.31. The van der Waals surface area contributed by atoms with Gasteiger partial charge in [-0.15, -0.1) is 10.2 Å². The fourth-order valence-electron chi connectivity index (χ4n) is 2.75. The zero-order chi connectivity index (χ0) is 19.2. The normalized spacial score (nSPS) is 10.9. The van der Waals surface area contributed by atoms with Crippen molar-refractivity contribution in [2.45, 2.75) is 38.4 Å². The third kappa shape index (κ3) is 4.84. The molecule has 27 heavy (non-hydrogen) atoms. The molecule has 7 heteroatoms. The summed E-state index contributed by atoms with van der Waals surface area (Å²) in [5, 5.41) is 9.31. The molecule has 0 aliphatic rings. The van der Waals surface area contributed by atoms with Crippen LogP contribution in [0.2, 0.25) is 0 Å². The molecule has 0 atom stereocenters. The summed E-state index contributed by atoms with van der Waals surface area (Å²) in [4.78, 5) is 16.6.